The Morgan fingerprint density at radius 3 is 2.43 bits per heavy atom. The lowest BCUT2D eigenvalue weighted by Gasteiger charge is -2.09. The number of hydrogen-bond donors (Lipinski definition) is 2. The fourth-order valence-electron chi connectivity index (χ4n) is 2.00. The molecule has 0 saturated carbocycles. The van der Waals surface area contributed by atoms with Crippen LogP contribution in [0.5, 0.6) is 5.75 Å². The van der Waals surface area contributed by atoms with Gasteiger partial charge in [0.15, 0.2) is 0 Å². The first-order chi connectivity index (χ1) is 11.0. The molecule has 3 rings (SSSR count). The first-order valence-corrected chi connectivity index (χ1v) is 7.14. The third-order valence-electron chi connectivity index (χ3n) is 2.88. The minimum atomic E-state index is -0.833. The molecule has 0 fully saturated rings. The summed E-state index contributed by atoms with van der Waals surface area (Å²) in [5, 5.41) is 22.3. The molecule has 3 aromatic rings. The topological polar surface area (TPSA) is 75.3 Å². The number of carboxylic acid groups (broad SMARTS) is 1. The number of aromatic nitrogens is 2. The van der Waals surface area contributed by atoms with Crippen LogP contribution in [0, 0.1) is 0 Å². The van der Waals surface area contributed by atoms with Crippen LogP contribution in [0.15, 0.2) is 60.8 Å². The quantitative estimate of drug-likeness (QED) is 0.745. The van der Waals surface area contributed by atoms with Crippen LogP contribution in [0.3, 0.4) is 0 Å². The summed E-state index contributed by atoms with van der Waals surface area (Å²) in [5.41, 5.74) is 2.39. The van der Waals surface area contributed by atoms with Crippen molar-refractivity contribution in [3.63, 3.8) is 0 Å². The first kappa shape index (κ1) is 16.6. The van der Waals surface area contributed by atoms with Gasteiger partial charge < -0.3 is 10.2 Å². The van der Waals surface area contributed by atoms with E-state index in [1.807, 2.05) is 36.4 Å². The van der Waals surface area contributed by atoms with E-state index in [0.29, 0.717) is 10.6 Å². The summed E-state index contributed by atoms with van der Waals surface area (Å²) in [6.07, 6.45) is 1.70. The van der Waals surface area contributed by atoms with Crippen molar-refractivity contribution >= 4 is 17.6 Å². The van der Waals surface area contributed by atoms with Gasteiger partial charge in [0, 0.05) is 17.5 Å². The summed E-state index contributed by atoms with van der Waals surface area (Å²) in [5.74, 6) is -0.651. The first-order valence-electron chi connectivity index (χ1n) is 6.77. The molecule has 0 spiro atoms. The van der Waals surface area contributed by atoms with Gasteiger partial charge in [-0.2, -0.15) is 5.10 Å². The summed E-state index contributed by atoms with van der Waals surface area (Å²) in [6, 6.07) is 16.6. The van der Waals surface area contributed by atoms with Gasteiger partial charge >= 0.3 is 0 Å². The molecule has 0 aliphatic rings. The second-order valence-corrected chi connectivity index (χ2v) is 5.08. The lowest BCUT2D eigenvalue weighted by atomic mass is 10.1. The number of nitrogens with zero attached hydrogens (tertiary/aromatic N) is 2. The fourth-order valence-corrected chi connectivity index (χ4v) is 2.17. The van der Waals surface area contributed by atoms with Gasteiger partial charge in [-0.05, 0) is 36.4 Å². The van der Waals surface area contributed by atoms with Crippen molar-refractivity contribution in [1.29, 1.82) is 0 Å². The van der Waals surface area contributed by atoms with Crippen LogP contribution < -0.4 is 0 Å². The fraction of sp³-hybridized carbons (Fsp3) is 0.0588. The number of para-hydroxylation sites is 1. The molecular weight excluding hydrogens is 316 g/mol. The van der Waals surface area contributed by atoms with Crippen LogP contribution in [0.1, 0.15) is 6.92 Å². The number of phenols is 1. The number of aromatic hydroxyl groups is 1. The van der Waals surface area contributed by atoms with Gasteiger partial charge in [0.2, 0.25) is 0 Å². The molecule has 23 heavy (non-hydrogen) atoms. The third-order valence-corrected chi connectivity index (χ3v) is 3.11. The maximum absolute atomic E-state index is 9.98. The van der Waals surface area contributed by atoms with E-state index in [-0.39, 0.29) is 5.75 Å². The van der Waals surface area contributed by atoms with E-state index in [0.717, 1.165) is 18.3 Å². The Bertz CT molecular complexity index is 797. The average molecular weight is 331 g/mol. The Labute approximate surface area is 138 Å². The van der Waals surface area contributed by atoms with E-state index in [9.17, 15) is 5.11 Å². The molecule has 0 aliphatic carbocycles. The Morgan fingerprint density at radius 2 is 1.78 bits per heavy atom. The number of carboxylic acids is 1. The Balaban J connectivity index is 0.000000433. The summed E-state index contributed by atoms with van der Waals surface area (Å²) in [7, 11) is 0. The number of rotatable bonds is 2. The number of phenolic OH excluding ortho intramolecular Hbond substituents is 1. The largest absolute Gasteiger partial charge is 0.507 e. The van der Waals surface area contributed by atoms with Gasteiger partial charge in [0.1, 0.15) is 5.75 Å². The zero-order valence-electron chi connectivity index (χ0n) is 12.3. The molecule has 1 aromatic heterocycles. The normalized spacial score (nSPS) is 9.83. The van der Waals surface area contributed by atoms with Crippen LogP contribution in [-0.4, -0.2) is 26.0 Å². The second kappa shape index (κ2) is 7.47. The minimum Gasteiger partial charge on any atom is -0.507 e. The highest BCUT2D eigenvalue weighted by atomic mass is 35.5. The Hall–Kier alpha value is -2.79. The predicted octanol–water partition coefficient (Wildman–Crippen LogP) is 3.99. The van der Waals surface area contributed by atoms with Gasteiger partial charge in [-0.3, -0.25) is 4.79 Å². The van der Waals surface area contributed by atoms with Crippen LogP contribution >= 0.6 is 11.6 Å². The molecule has 118 valence electrons. The molecule has 1 heterocycles. The molecule has 0 bridgehead atoms. The zero-order valence-corrected chi connectivity index (χ0v) is 13.1. The van der Waals surface area contributed by atoms with E-state index in [2.05, 4.69) is 5.10 Å². The van der Waals surface area contributed by atoms with Crippen molar-refractivity contribution in [1.82, 2.24) is 9.78 Å². The minimum absolute atomic E-state index is 0.182. The highest BCUT2D eigenvalue weighted by Gasteiger charge is 2.11. The van der Waals surface area contributed by atoms with Crippen LogP contribution in [0.2, 0.25) is 5.02 Å². The monoisotopic (exact) mass is 330 g/mol. The lowest BCUT2D eigenvalue weighted by Crippen LogP contribution is -1.98. The number of carbonyl (C=O) groups is 1. The predicted molar refractivity (Wildman–Crippen MR) is 89.0 cm³/mol. The second-order valence-electron chi connectivity index (χ2n) is 4.64. The molecule has 0 unspecified atom stereocenters. The van der Waals surface area contributed by atoms with E-state index in [1.165, 1.54) is 0 Å². The average Bonchev–Trinajstić information content (AvgIpc) is 2.99. The van der Waals surface area contributed by atoms with E-state index >= 15 is 0 Å². The third kappa shape index (κ3) is 4.34. The Morgan fingerprint density at radius 1 is 1.13 bits per heavy atom. The molecule has 0 aliphatic heterocycles. The molecule has 2 aromatic carbocycles. The van der Waals surface area contributed by atoms with E-state index < -0.39 is 5.97 Å². The highest BCUT2D eigenvalue weighted by Crippen LogP contribution is 2.32. The van der Waals surface area contributed by atoms with Crippen LogP contribution in [-0.2, 0) is 4.79 Å². The van der Waals surface area contributed by atoms with E-state index in [1.54, 1.807) is 29.1 Å². The highest BCUT2D eigenvalue weighted by molar-refractivity contribution is 6.30. The van der Waals surface area contributed by atoms with Crippen molar-refractivity contribution in [2.45, 2.75) is 6.92 Å². The van der Waals surface area contributed by atoms with Crippen LogP contribution in [0.25, 0.3) is 16.9 Å². The number of hydrogen-bond acceptors (Lipinski definition) is 3. The van der Waals surface area contributed by atoms with Crippen LogP contribution in [0.4, 0.5) is 0 Å². The van der Waals surface area contributed by atoms with Gasteiger partial charge in [0.25, 0.3) is 5.97 Å². The van der Waals surface area contributed by atoms with E-state index in [4.69, 9.17) is 21.5 Å². The molecule has 6 heteroatoms. The molecule has 0 radical (unpaired) electrons. The summed E-state index contributed by atoms with van der Waals surface area (Å²) < 4.78 is 1.77. The van der Waals surface area contributed by atoms with Gasteiger partial charge in [-0.1, -0.05) is 29.8 Å². The van der Waals surface area contributed by atoms with Crippen molar-refractivity contribution in [2.24, 2.45) is 0 Å². The summed E-state index contributed by atoms with van der Waals surface area (Å²) in [6.45, 7) is 1.08. The van der Waals surface area contributed by atoms with Crippen molar-refractivity contribution in [3.8, 4) is 22.7 Å². The van der Waals surface area contributed by atoms with Gasteiger partial charge in [0.05, 0.1) is 17.6 Å². The molecule has 2 N–H and O–H groups in total. The number of aliphatic carboxylic acids is 1. The summed E-state index contributed by atoms with van der Waals surface area (Å²) in [4.78, 5) is 9.00. The van der Waals surface area contributed by atoms with Gasteiger partial charge in [-0.15, -0.1) is 0 Å². The van der Waals surface area contributed by atoms with Gasteiger partial charge in [-0.25, -0.2) is 4.68 Å². The van der Waals surface area contributed by atoms with Crippen molar-refractivity contribution in [2.75, 3.05) is 0 Å². The number of benzene rings is 2. The lowest BCUT2D eigenvalue weighted by molar-refractivity contribution is -0.134. The molecular formula is C17H15ClN2O3. The summed E-state index contributed by atoms with van der Waals surface area (Å²) >= 11 is 5.99. The maximum atomic E-state index is 9.98. The standard InChI is InChI=1S/C15H11ClN2O.C2H4O2/c16-11-6-7-15(19)13(10-11)14-8-9-17-18(14)12-4-2-1-3-5-12;1-2(3)4/h1-10,19H;1H3,(H,3,4). The molecule has 0 amide bonds. The number of halogens is 1. The smallest absolute Gasteiger partial charge is 0.300 e. The SMILES string of the molecule is CC(=O)O.Oc1ccc(Cl)cc1-c1ccnn1-c1ccccc1. The molecule has 5 nitrogen and oxygen atoms in total. The Kier molecular flexibility index (Phi) is 5.38. The van der Waals surface area contributed by atoms with Crippen molar-refractivity contribution in [3.05, 3.63) is 65.8 Å². The maximum Gasteiger partial charge on any atom is 0.300 e. The molecule has 0 saturated heterocycles. The van der Waals surface area contributed by atoms with Crippen molar-refractivity contribution < 1.29 is 15.0 Å². The zero-order chi connectivity index (χ0) is 16.8. The molecule has 0 atom stereocenters.